The summed E-state index contributed by atoms with van der Waals surface area (Å²) in [7, 11) is 3.67. The Morgan fingerprint density at radius 2 is 1.91 bits per heavy atom. The Bertz CT molecular complexity index is 1500. The average molecular weight is 445 g/mol. The summed E-state index contributed by atoms with van der Waals surface area (Å²) in [5.41, 5.74) is 10.9. The summed E-state index contributed by atoms with van der Waals surface area (Å²) in [6.45, 7) is 0. The maximum Gasteiger partial charge on any atom is 0.251 e. The van der Waals surface area contributed by atoms with Crippen molar-refractivity contribution in [1.82, 2.24) is 14.1 Å². The molecule has 0 aliphatic carbocycles. The Morgan fingerprint density at radius 3 is 2.59 bits per heavy atom. The second-order valence-corrected chi connectivity index (χ2v) is 8.34. The topological polar surface area (TPSA) is 79.0 Å². The van der Waals surface area contributed by atoms with Gasteiger partial charge in [0, 0.05) is 36.1 Å². The van der Waals surface area contributed by atoms with Crippen molar-refractivity contribution >= 4 is 22.5 Å². The van der Waals surface area contributed by atoms with Gasteiger partial charge in [-0.15, -0.1) is 0 Å². The van der Waals surface area contributed by atoms with Crippen LogP contribution in [0.3, 0.4) is 0 Å². The third kappa shape index (κ3) is 3.07. The highest BCUT2D eigenvalue weighted by Gasteiger charge is 2.36. The summed E-state index contributed by atoms with van der Waals surface area (Å²) >= 11 is 6.25. The molecule has 0 radical (unpaired) electrons. The molecule has 5 aromatic rings. The van der Waals surface area contributed by atoms with Crippen molar-refractivity contribution in [2.75, 3.05) is 0 Å². The van der Waals surface area contributed by atoms with Gasteiger partial charge in [-0.05, 0) is 47.0 Å². The number of hydrogen-bond acceptors (Lipinski definition) is 4. The van der Waals surface area contributed by atoms with Crippen LogP contribution in [0.5, 0.6) is 0 Å². The minimum absolute atomic E-state index is 0.0966. The molecule has 0 aliphatic heterocycles. The van der Waals surface area contributed by atoms with Gasteiger partial charge in [-0.1, -0.05) is 29.8 Å². The van der Waals surface area contributed by atoms with E-state index in [1.54, 1.807) is 42.7 Å². The SMILES string of the molecule is Cn1cncc1C(N)(c1ccoc1)c1ccc2c(c1)c(-c1cccc(Cl)c1)cc(=O)n2C. The Morgan fingerprint density at radius 1 is 1.06 bits per heavy atom. The third-order valence-electron chi connectivity index (χ3n) is 6.03. The van der Waals surface area contributed by atoms with Crippen molar-refractivity contribution in [2.45, 2.75) is 5.54 Å². The lowest BCUT2D eigenvalue weighted by molar-refractivity contribution is 0.542. The second-order valence-electron chi connectivity index (χ2n) is 7.91. The summed E-state index contributed by atoms with van der Waals surface area (Å²) in [5.74, 6) is 0. The maximum absolute atomic E-state index is 12.7. The van der Waals surface area contributed by atoms with Crippen LogP contribution in [0.2, 0.25) is 5.02 Å². The van der Waals surface area contributed by atoms with Crippen LogP contribution in [0.4, 0.5) is 0 Å². The Labute approximate surface area is 189 Å². The number of halogens is 1. The van der Waals surface area contributed by atoms with Crippen molar-refractivity contribution in [3.05, 3.63) is 112 Å². The number of rotatable bonds is 4. The van der Waals surface area contributed by atoms with Crippen LogP contribution < -0.4 is 11.3 Å². The molecule has 6 nitrogen and oxygen atoms in total. The molecular formula is C25H21ClN4O2. The van der Waals surface area contributed by atoms with E-state index >= 15 is 0 Å². The van der Waals surface area contributed by atoms with Crippen molar-refractivity contribution in [2.24, 2.45) is 19.8 Å². The normalized spacial score (nSPS) is 13.4. The zero-order valence-corrected chi connectivity index (χ0v) is 18.4. The van der Waals surface area contributed by atoms with E-state index in [4.69, 9.17) is 21.8 Å². The summed E-state index contributed by atoms with van der Waals surface area (Å²) in [6, 6.07) is 16.9. The summed E-state index contributed by atoms with van der Waals surface area (Å²) < 4.78 is 8.91. The molecule has 0 fully saturated rings. The summed E-state index contributed by atoms with van der Waals surface area (Å²) in [6.07, 6.45) is 6.74. The number of nitrogens with two attached hydrogens (primary N) is 1. The Hall–Kier alpha value is -3.61. The first-order valence-electron chi connectivity index (χ1n) is 10.1. The van der Waals surface area contributed by atoms with Crippen LogP contribution in [-0.4, -0.2) is 14.1 Å². The minimum Gasteiger partial charge on any atom is -0.472 e. The van der Waals surface area contributed by atoms with E-state index in [-0.39, 0.29) is 5.56 Å². The van der Waals surface area contributed by atoms with Gasteiger partial charge in [-0.2, -0.15) is 0 Å². The predicted octanol–water partition coefficient (Wildman–Crippen LogP) is 4.44. The van der Waals surface area contributed by atoms with Gasteiger partial charge in [0.05, 0.1) is 36.3 Å². The molecule has 2 aromatic carbocycles. The Balaban J connectivity index is 1.84. The van der Waals surface area contributed by atoms with Crippen LogP contribution in [0.1, 0.15) is 16.8 Å². The van der Waals surface area contributed by atoms with Gasteiger partial charge in [-0.25, -0.2) is 4.98 Å². The zero-order valence-electron chi connectivity index (χ0n) is 17.6. The van der Waals surface area contributed by atoms with Crippen molar-refractivity contribution < 1.29 is 4.42 Å². The van der Waals surface area contributed by atoms with Gasteiger partial charge in [0.2, 0.25) is 0 Å². The molecular weight excluding hydrogens is 424 g/mol. The number of hydrogen-bond donors (Lipinski definition) is 1. The fraction of sp³-hybridized carbons (Fsp3) is 0.120. The number of benzene rings is 2. The second kappa shape index (κ2) is 7.51. The number of fused-ring (bicyclic) bond motifs is 1. The lowest BCUT2D eigenvalue weighted by Crippen LogP contribution is -2.40. The molecule has 3 aromatic heterocycles. The van der Waals surface area contributed by atoms with Crippen molar-refractivity contribution in [3.8, 4) is 11.1 Å². The highest BCUT2D eigenvalue weighted by Crippen LogP contribution is 2.37. The van der Waals surface area contributed by atoms with Crippen molar-refractivity contribution in [1.29, 1.82) is 0 Å². The molecule has 160 valence electrons. The predicted molar refractivity (Wildman–Crippen MR) is 126 cm³/mol. The first kappa shape index (κ1) is 20.3. The quantitative estimate of drug-likeness (QED) is 0.444. The van der Waals surface area contributed by atoms with E-state index in [0.29, 0.717) is 5.02 Å². The molecule has 7 heteroatoms. The molecule has 3 heterocycles. The number of nitrogens with zero attached hydrogens (tertiary/aromatic N) is 3. The highest BCUT2D eigenvalue weighted by molar-refractivity contribution is 6.30. The highest BCUT2D eigenvalue weighted by atomic mass is 35.5. The number of aromatic nitrogens is 3. The number of furan rings is 1. The molecule has 0 amide bonds. The van der Waals surface area contributed by atoms with Gasteiger partial charge in [0.25, 0.3) is 5.56 Å². The zero-order chi connectivity index (χ0) is 22.5. The smallest absolute Gasteiger partial charge is 0.251 e. The molecule has 0 bridgehead atoms. The monoisotopic (exact) mass is 444 g/mol. The number of aryl methyl sites for hydroxylation is 2. The molecule has 2 N–H and O–H groups in total. The molecule has 0 aliphatic rings. The lowest BCUT2D eigenvalue weighted by Gasteiger charge is -2.30. The van der Waals surface area contributed by atoms with Gasteiger partial charge < -0.3 is 19.3 Å². The largest absolute Gasteiger partial charge is 0.472 e. The first-order valence-corrected chi connectivity index (χ1v) is 10.5. The fourth-order valence-corrected chi connectivity index (χ4v) is 4.48. The molecule has 1 unspecified atom stereocenters. The lowest BCUT2D eigenvalue weighted by atomic mass is 9.81. The average Bonchev–Trinajstić information content (AvgIpc) is 3.48. The molecule has 5 rings (SSSR count). The van der Waals surface area contributed by atoms with Gasteiger partial charge in [0.1, 0.15) is 5.54 Å². The van der Waals surface area contributed by atoms with Crippen LogP contribution in [0.15, 0.2) is 88.9 Å². The minimum atomic E-state index is -1.01. The van der Waals surface area contributed by atoms with Gasteiger partial charge in [-0.3, -0.25) is 4.79 Å². The van der Waals surface area contributed by atoms with E-state index in [1.807, 2.05) is 60.1 Å². The standard InChI is InChI=1S/C25H21ClN4O2/c1-29-15-28-13-23(29)25(27,18-8-9-32-14-18)17-6-7-22-21(11-17)20(12-24(31)30(22)2)16-4-3-5-19(26)10-16/h3-15H,27H2,1-2H3. The Kier molecular flexibility index (Phi) is 4.77. The molecule has 32 heavy (non-hydrogen) atoms. The summed E-state index contributed by atoms with van der Waals surface area (Å²) in [5, 5.41) is 1.50. The molecule has 0 saturated carbocycles. The van der Waals surface area contributed by atoms with E-state index in [2.05, 4.69) is 4.98 Å². The molecule has 1 atom stereocenters. The van der Waals surface area contributed by atoms with Crippen LogP contribution in [0, 0.1) is 0 Å². The molecule has 0 saturated heterocycles. The van der Waals surface area contributed by atoms with E-state index in [9.17, 15) is 4.79 Å². The third-order valence-corrected chi connectivity index (χ3v) is 6.27. The fourth-order valence-electron chi connectivity index (χ4n) is 4.29. The molecule has 0 spiro atoms. The van der Waals surface area contributed by atoms with E-state index < -0.39 is 5.54 Å². The van der Waals surface area contributed by atoms with Crippen LogP contribution in [-0.2, 0) is 19.6 Å². The van der Waals surface area contributed by atoms with Gasteiger partial charge >= 0.3 is 0 Å². The maximum atomic E-state index is 12.7. The van der Waals surface area contributed by atoms with Gasteiger partial charge in [0.15, 0.2) is 0 Å². The van der Waals surface area contributed by atoms with E-state index in [0.717, 1.165) is 38.9 Å². The number of pyridine rings is 1. The van der Waals surface area contributed by atoms with E-state index in [1.165, 1.54) is 0 Å². The number of imidazole rings is 1. The van der Waals surface area contributed by atoms with Crippen LogP contribution >= 0.6 is 11.6 Å². The summed E-state index contributed by atoms with van der Waals surface area (Å²) in [4.78, 5) is 17.0. The van der Waals surface area contributed by atoms with Crippen molar-refractivity contribution in [3.63, 3.8) is 0 Å². The first-order chi connectivity index (χ1) is 15.4. The van der Waals surface area contributed by atoms with Crippen LogP contribution in [0.25, 0.3) is 22.0 Å².